The Morgan fingerprint density at radius 1 is 0.818 bits per heavy atom. The zero-order chi connectivity index (χ0) is 15.9. The molecule has 2 saturated heterocycles. The number of rotatable bonds is 1. The van der Waals surface area contributed by atoms with Crippen LogP contribution in [-0.4, -0.2) is 74.0 Å². The average Bonchev–Trinajstić information content (AvgIpc) is 3.00. The zero-order valence-electron chi connectivity index (χ0n) is 14.2. The molecule has 4 heteroatoms. The molecule has 1 aromatic carbocycles. The van der Waals surface area contributed by atoms with Gasteiger partial charge in [0.25, 0.3) is 5.91 Å². The Morgan fingerprint density at radius 2 is 1.32 bits per heavy atom. The lowest BCUT2D eigenvalue weighted by Crippen LogP contribution is -2.47. The standard InChI is InChI=1S/C13H18N2O.C5H11N/c1-11-3-5-12(6-4-11)13(16)15-9-7-14(2)8-10-15;1-6-4-2-3-5-6/h3-6H,7-10H2,1-2H3;2-5H2,1H3. The van der Waals surface area contributed by atoms with E-state index in [1.165, 1.54) is 31.5 Å². The second-order valence-corrected chi connectivity index (χ2v) is 6.47. The van der Waals surface area contributed by atoms with Gasteiger partial charge in [-0.05, 0) is 59.1 Å². The average molecular weight is 303 g/mol. The van der Waals surface area contributed by atoms with Crippen LogP contribution >= 0.6 is 0 Å². The van der Waals surface area contributed by atoms with Gasteiger partial charge in [-0.1, -0.05) is 17.7 Å². The van der Waals surface area contributed by atoms with E-state index in [9.17, 15) is 4.79 Å². The van der Waals surface area contributed by atoms with Crippen molar-refractivity contribution in [2.24, 2.45) is 0 Å². The molecule has 0 radical (unpaired) electrons. The first-order valence-corrected chi connectivity index (χ1v) is 8.29. The third-order valence-corrected chi connectivity index (χ3v) is 4.42. The lowest BCUT2D eigenvalue weighted by atomic mass is 10.1. The Bertz CT molecular complexity index is 458. The van der Waals surface area contributed by atoms with E-state index in [1.807, 2.05) is 36.1 Å². The molecule has 0 N–H and O–H groups in total. The number of amides is 1. The minimum atomic E-state index is 0.160. The van der Waals surface area contributed by atoms with Gasteiger partial charge < -0.3 is 14.7 Å². The number of piperazine rings is 1. The summed E-state index contributed by atoms with van der Waals surface area (Å²) < 4.78 is 0. The zero-order valence-corrected chi connectivity index (χ0v) is 14.2. The highest BCUT2D eigenvalue weighted by molar-refractivity contribution is 5.94. The van der Waals surface area contributed by atoms with Gasteiger partial charge in [-0.25, -0.2) is 0 Å². The van der Waals surface area contributed by atoms with Gasteiger partial charge in [0.2, 0.25) is 0 Å². The minimum absolute atomic E-state index is 0.160. The van der Waals surface area contributed by atoms with Crippen LogP contribution in [0.15, 0.2) is 24.3 Å². The van der Waals surface area contributed by atoms with Gasteiger partial charge in [0.1, 0.15) is 0 Å². The molecule has 0 aliphatic carbocycles. The second-order valence-electron chi connectivity index (χ2n) is 6.47. The van der Waals surface area contributed by atoms with Gasteiger partial charge >= 0.3 is 0 Å². The largest absolute Gasteiger partial charge is 0.336 e. The molecule has 4 nitrogen and oxygen atoms in total. The Hall–Kier alpha value is -1.39. The maximum Gasteiger partial charge on any atom is 0.253 e. The lowest BCUT2D eigenvalue weighted by Gasteiger charge is -2.32. The number of hydrogen-bond donors (Lipinski definition) is 0. The van der Waals surface area contributed by atoms with Crippen LogP contribution in [0.2, 0.25) is 0 Å². The minimum Gasteiger partial charge on any atom is -0.336 e. The van der Waals surface area contributed by atoms with Crippen LogP contribution in [0.3, 0.4) is 0 Å². The smallest absolute Gasteiger partial charge is 0.253 e. The summed E-state index contributed by atoms with van der Waals surface area (Å²) in [4.78, 5) is 18.7. The van der Waals surface area contributed by atoms with E-state index in [4.69, 9.17) is 0 Å². The number of hydrogen-bond acceptors (Lipinski definition) is 3. The molecule has 0 unspecified atom stereocenters. The maximum absolute atomic E-state index is 12.1. The predicted octanol–water partition coefficient (Wildman–Crippen LogP) is 2.09. The van der Waals surface area contributed by atoms with Crippen LogP contribution in [0.1, 0.15) is 28.8 Å². The molecule has 3 rings (SSSR count). The van der Waals surface area contributed by atoms with E-state index < -0.39 is 0 Å². The van der Waals surface area contributed by atoms with Crippen molar-refractivity contribution < 1.29 is 4.79 Å². The summed E-state index contributed by atoms with van der Waals surface area (Å²) in [7, 11) is 4.26. The number of carbonyl (C=O) groups excluding carboxylic acids is 1. The van der Waals surface area contributed by atoms with E-state index in [-0.39, 0.29) is 5.91 Å². The molecular weight excluding hydrogens is 274 g/mol. The molecule has 2 fully saturated rings. The molecule has 0 spiro atoms. The Morgan fingerprint density at radius 3 is 1.77 bits per heavy atom. The molecular formula is C18H29N3O. The van der Waals surface area contributed by atoms with Crippen molar-refractivity contribution in [3.05, 3.63) is 35.4 Å². The molecule has 1 aromatic rings. The number of aryl methyl sites for hydroxylation is 1. The summed E-state index contributed by atoms with van der Waals surface area (Å²) in [5.41, 5.74) is 1.99. The molecule has 1 amide bonds. The Kier molecular flexibility index (Phi) is 6.40. The first-order chi connectivity index (χ1) is 10.6. The van der Waals surface area contributed by atoms with Gasteiger partial charge in [-0.3, -0.25) is 4.79 Å². The Labute approximate surface area is 134 Å². The van der Waals surface area contributed by atoms with Gasteiger partial charge in [0.05, 0.1) is 0 Å². The fourth-order valence-corrected chi connectivity index (χ4v) is 2.76. The predicted molar refractivity (Wildman–Crippen MR) is 91.3 cm³/mol. The fourth-order valence-electron chi connectivity index (χ4n) is 2.76. The number of likely N-dealkylation sites (N-methyl/N-ethyl adjacent to an activating group) is 1. The lowest BCUT2D eigenvalue weighted by molar-refractivity contribution is 0.0664. The molecule has 0 aromatic heterocycles. The molecule has 0 saturated carbocycles. The summed E-state index contributed by atoms with van der Waals surface area (Å²) in [5.74, 6) is 0.160. The summed E-state index contributed by atoms with van der Waals surface area (Å²) in [6, 6.07) is 7.80. The molecule has 22 heavy (non-hydrogen) atoms. The van der Waals surface area contributed by atoms with Crippen molar-refractivity contribution in [3.63, 3.8) is 0 Å². The number of benzene rings is 1. The first kappa shape index (κ1) is 17.0. The van der Waals surface area contributed by atoms with Crippen molar-refractivity contribution in [2.45, 2.75) is 19.8 Å². The van der Waals surface area contributed by atoms with E-state index >= 15 is 0 Å². The van der Waals surface area contributed by atoms with E-state index in [2.05, 4.69) is 23.9 Å². The molecule has 2 aliphatic heterocycles. The number of nitrogens with zero attached hydrogens (tertiary/aromatic N) is 3. The van der Waals surface area contributed by atoms with Crippen molar-refractivity contribution >= 4 is 5.91 Å². The van der Waals surface area contributed by atoms with Gasteiger partial charge in [-0.15, -0.1) is 0 Å². The monoisotopic (exact) mass is 303 g/mol. The molecule has 2 aliphatic rings. The van der Waals surface area contributed by atoms with Crippen molar-refractivity contribution in [1.29, 1.82) is 0 Å². The summed E-state index contributed by atoms with van der Waals surface area (Å²) in [5, 5.41) is 0. The summed E-state index contributed by atoms with van der Waals surface area (Å²) in [6.45, 7) is 8.28. The van der Waals surface area contributed by atoms with Crippen LogP contribution in [0.25, 0.3) is 0 Å². The van der Waals surface area contributed by atoms with E-state index in [0.717, 1.165) is 31.7 Å². The van der Waals surface area contributed by atoms with Crippen molar-refractivity contribution in [3.8, 4) is 0 Å². The first-order valence-electron chi connectivity index (χ1n) is 8.29. The molecule has 0 atom stereocenters. The third-order valence-electron chi connectivity index (χ3n) is 4.42. The van der Waals surface area contributed by atoms with Crippen LogP contribution in [0.4, 0.5) is 0 Å². The highest BCUT2D eigenvalue weighted by atomic mass is 16.2. The van der Waals surface area contributed by atoms with Crippen molar-refractivity contribution in [2.75, 3.05) is 53.4 Å². The van der Waals surface area contributed by atoms with Crippen LogP contribution in [0.5, 0.6) is 0 Å². The Balaban J connectivity index is 0.000000246. The van der Waals surface area contributed by atoms with Gasteiger partial charge in [0.15, 0.2) is 0 Å². The van der Waals surface area contributed by atoms with E-state index in [1.54, 1.807) is 0 Å². The normalized spacial score (nSPS) is 19.7. The number of carbonyl (C=O) groups is 1. The topological polar surface area (TPSA) is 26.8 Å². The quantitative estimate of drug-likeness (QED) is 0.795. The van der Waals surface area contributed by atoms with Crippen LogP contribution < -0.4 is 0 Å². The molecule has 122 valence electrons. The highest BCUT2D eigenvalue weighted by Crippen LogP contribution is 2.09. The summed E-state index contributed by atoms with van der Waals surface area (Å²) >= 11 is 0. The van der Waals surface area contributed by atoms with Crippen LogP contribution in [0, 0.1) is 6.92 Å². The number of likely N-dealkylation sites (tertiary alicyclic amines) is 1. The van der Waals surface area contributed by atoms with Crippen LogP contribution in [-0.2, 0) is 0 Å². The fraction of sp³-hybridized carbons (Fsp3) is 0.611. The molecule has 0 bridgehead atoms. The van der Waals surface area contributed by atoms with Gasteiger partial charge in [-0.2, -0.15) is 0 Å². The van der Waals surface area contributed by atoms with Gasteiger partial charge in [0, 0.05) is 31.7 Å². The highest BCUT2D eigenvalue weighted by Gasteiger charge is 2.19. The third kappa shape index (κ3) is 5.11. The second kappa shape index (κ2) is 8.30. The summed E-state index contributed by atoms with van der Waals surface area (Å²) in [6.07, 6.45) is 2.83. The van der Waals surface area contributed by atoms with E-state index in [0.29, 0.717) is 0 Å². The molecule has 2 heterocycles. The van der Waals surface area contributed by atoms with Crippen molar-refractivity contribution in [1.82, 2.24) is 14.7 Å². The maximum atomic E-state index is 12.1. The SMILES string of the molecule is CN1CCCC1.Cc1ccc(C(=O)N2CCN(C)CC2)cc1.